The fourth-order valence-electron chi connectivity index (χ4n) is 1.70. The summed E-state index contributed by atoms with van der Waals surface area (Å²) in [5, 5.41) is 0. The standard InChI is InChI=1S/C15H15ClOS/c1-12-7-9-14(10-8-12)18(17)15(16)11-13-5-3-2-4-6-13/h2-10,15H,11H2,1H3. The molecule has 2 unspecified atom stereocenters. The summed E-state index contributed by atoms with van der Waals surface area (Å²) in [5.74, 6) is 0. The molecule has 0 fully saturated rings. The third-order valence-corrected chi connectivity index (χ3v) is 4.73. The molecule has 0 radical (unpaired) electrons. The summed E-state index contributed by atoms with van der Waals surface area (Å²) < 4.78 is 11.8. The van der Waals surface area contributed by atoms with Gasteiger partial charge in [0.25, 0.3) is 0 Å². The lowest BCUT2D eigenvalue weighted by Crippen LogP contribution is -2.11. The van der Waals surface area contributed by atoms with Crippen molar-refractivity contribution < 1.29 is 4.21 Å². The summed E-state index contributed by atoms with van der Waals surface area (Å²) in [7, 11) is -1.17. The molecule has 0 heterocycles. The third kappa shape index (κ3) is 3.44. The highest BCUT2D eigenvalue weighted by Crippen LogP contribution is 2.18. The number of hydrogen-bond donors (Lipinski definition) is 0. The average molecular weight is 279 g/mol. The molecule has 2 aromatic rings. The van der Waals surface area contributed by atoms with Crippen molar-refractivity contribution in [3.63, 3.8) is 0 Å². The molecule has 0 saturated carbocycles. The summed E-state index contributed by atoms with van der Waals surface area (Å²) in [5.41, 5.74) is 2.27. The first-order chi connectivity index (χ1) is 8.66. The van der Waals surface area contributed by atoms with Gasteiger partial charge in [-0.3, -0.25) is 4.21 Å². The van der Waals surface area contributed by atoms with Gasteiger partial charge in [-0.2, -0.15) is 0 Å². The highest BCUT2D eigenvalue weighted by molar-refractivity contribution is 7.87. The van der Waals surface area contributed by atoms with Crippen LogP contribution in [0.1, 0.15) is 11.1 Å². The molecule has 0 bridgehead atoms. The molecule has 0 amide bonds. The minimum atomic E-state index is -1.17. The molecule has 3 heteroatoms. The van der Waals surface area contributed by atoms with Crippen molar-refractivity contribution in [2.24, 2.45) is 0 Å². The first-order valence-electron chi connectivity index (χ1n) is 5.82. The summed E-state index contributed by atoms with van der Waals surface area (Å²) in [6, 6.07) is 17.6. The first-order valence-corrected chi connectivity index (χ1v) is 7.47. The van der Waals surface area contributed by atoms with E-state index in [2.05, 4.69) is 0 Å². The van der Waals surface area contributed by atoms with E-state index in [9.17, 15) is 4.21 Å². The Kier molecular flexibility index (Phi) is 4.56. The van der Waals surface area contributed by atoms with Gasteiger partial charge in [0.05, 0.1) is 10.8 Å². The minimum Gasteiger partial charge on any atom is -0.253 e. The maximum absolute atomic E-state index is 12.2. The summed E-state index contributed by atoms with van der Waals surface area (Å²) in [6.45, 7) is 2.01. The zero-order valence-electron chi connectivity index (χ0n) is 10.2. The summed E-state index contributed by atoms with van der Waals surface area (Å²) in [6.07, 6.45) is 0.614. The van der Waals surface area contributed by atoms with E-state index < -0.39 is 15.5 Å². The van der Waals surface area contributed by atoms with E-state index in [-0.39, 0.29) is 0 Å². The van der Waals surface area contributed by atoms with Gasteiger partial charge in [0.1, 0.15) is 4.71 Å². The highest BCUT2D eigenvalue weighted by Gasteiger charge is 2.15. The second-order valence-electron chi connectivity index (χ2n) is 4.21. The number of alkyl halides is 1. The van der Waals surface area contributed by atoms with Crippen LogP contribution < -0.4 is 0 Å². The van der Waals surface area contributed by atoms with E-state index >= 15 is 0 Å². The largest absolute Gasteiger partial charge is 0.253 e. The fraction of sp³-hybridized carbons (Fsp3) is 0.200. The lowest BCUT2D eigenvalue weighted by molar-refractivity contribution is 0.680. The summed E-state index contributed by atoms with van der Waals surface area (Å²) >= 11 is 6.24. The molecule has 0 aromatic heterocycles. The number of halogens is 1. The van der Waals surface area contributed by atoms with Gasteiger partial charge in [0.2, 0.25) is 0 Å². The van der Waals surface area contributed by atoms with Crippen molar-refractivity contribution >= 4 is 22.4 Å². The molecule has 1 nitrogen and oxygen atoms in total. The molecule has 94 valence electrons. The van der Waals surface area contributed by atoms with E-state index in [0.717, 1.165) is 16.0 Å². The van der Waals surface area contributed by atoms with Gasteiger partial charge in [0.15, 0.2) is 0 Å². The predicted molar refractivity (Wildman–Crippen MR) is 77.4 cm³/mol. The van der Waals surface area contributed by atoms with Crippen LogP contribution in [-0.2, 0) is 17.2 Å². The molecule has 0 spiro atoms. The van der Waals surface area contributed by atoms with Gasteiger partial charge in [-0.15, -0.1) is 11.6 Å². The van der Waals surface area contributed by atoms with E-state index in [0.29, 0.717) is 6.42 Å². The van der Waals surface area contributed by atoms with Crippen molar-refractivity contribution in [3.05, 3.63) is 65.7 Å². The van der Waals surface area contributed by atoms with Gasteiger partial charge in [-0.1, -0.05) is 48.0 Å². The van der Waals surface area contributed by atoms with Crippen LogP contribution in [0, 0.1) is 6.92 Å². The fourth-order valence-corrected chi connectivity index (χ4v) is 3.23. The van der Waals surface area contributed by atoms with Gasteiger partial charge in [-0.25, -0.2) is 0 Å². The van der Waals surface area contributed by atoms with E-state index in [4.69, 9.17) is 11.6 Å². The van der Waals surface area contributed by atoms with Crippen LogP contribution in [0.3, 0.4) is 0 Å². The van der Waals surface area contributed by atoms with Crippen molar-refractivity contribution in [3.8, 4) is 0 Å². The molecule has 0 aliphatic carbocycles. The number of hydrogen-bond acceptors (Lipinski definition) is 1. The summed E-state index contributed by atoms with van der Waals surface area (Å²) in [4.78, 5) is 0.788. The second kappa shape index (κ2) is 6.17. The predicted octanol–water partition coefficient (Wildman–Crippen LogP) is 3.91. The van der Waals surface area contributed by atoms with Crippen LogP contribution in [0.4, 0.5) is 0 Å². The van der Waals surface area contributed by atoms with Crippen molar-refractivity contribution in [2.75, 3.05) is 0 Å². The molecule has 2 atom stereocenters. The molecule has 0 N–H and O–H groups in total. The van der Waals surface area contributed by atoms with Crippen LogP contribution in [0.2, 0.25) is 0 Å². The maximum Gasteiger partial charge on any atom is 0.117 e. The highest BCUT2D eigenvalue weighted by atomic mass is 35.5. The van der Waals surface area contributed by atoms with E-state index in [1.165, 1.54) is 0 Å². The normalized spacial score (nSPS) is 14.1. The van der Waals surface area contributed by atoms with Crippen molar-refractivity contribution in [1.82, 2.24) is 0 Å². The Morgan fingerprint density at radius 1 is 1.06 bits per heavy atom. The molecule has 2 aromatic carbocycles. The zero-order valence-corrected chi connectivity index (χ0v) is 11.7. The Morgan fingerprint density at radius 2 is 1.67 bits per heavy atom. The smallest absolute Gasteiger partial charge is 0.117 e. The van der Waals surface area contributed by atoms with Gasteiger partial charge in [-0.05, 0) is 24.6 Å². The Morgan fingerprint density at radius 3 is 2.28 bits per heavy atom. The molecule has 0 aliphatic heterocycles. The number of benzene rings is 2. The molecule has 0 saturated heterocycles. The van der Waals surface area contributed by atoms with Crippen LogP contribution in [0.5, 0.6) is 0 Å². The minimum absolute atomic E-state index is 0.393. The molecule has 18 heavy (non-hydrogen) atoms. The molecular weight excluding hydrogens is 264 g/mol. The zero-order chi connectivity index (χ0) is 13.0. The number of aryl methyl sites for hydroxylation is 1. The van der Waals surface area contributed by atoms with Gasteiger partial charge >= 0.3 is 0 Å². The lowest BCUT2D eigenvalue weighted by Gasteiger charge is -2.10. The molecule has 2 rings (SSSR count). The van der Waals surface area contributed by atoms with Crippen LogP contribution >= 0.6 is 11.6 Å². The van der Waals surface area contributed by atoms with Crippen LogP contribution in [-0.4, -0.2) is 8.92 Å². The van der Waals surface area contributed by atoms with E-state index in [1.807, 2.05) is 61.5 Å². The maximum atomic E-state index is 12.2. The van der Waals surface area contributed by atoms with Gasteiger partial charge < -0.3 is 0 Å². The Labute approximate surface area is 115 Å². The topological polar surface area (TPSA) is 17.1 Å². The SMILES string of the molecule is Cc1ccc(S(=O)C(Cl)Cc2ccccc2)cc1. The molecular formula is C15H15ClOS. The van der Waals surface area contributed by atoms with Crippen LogP contribution in [0.15, 0.2) is 59.5 Å². The first kappa shape index (κ1) is 13.3. The number of rotatable bonds is 4. The molecule has 0 aliphatic rings. The Hall–Kier alpha value is -1.12. The van der Waals surface area contributed by atoms with Crippen LogP contribution in [0.25, 0.3) is 0 Å². The Balaban J connectivity index is 2.07. The van der Waals surface area contributed by atoms with E-state index in [1.54, 1.807) is 0 Å². The van der Waals surface area contributed by atoms with Gasteiger partial charge in [0, 0.05) is 11.3 Å². The third-order valence-electron chi connectivity index (χ3n) is 2.72. The second-order valence-corrected chi connectivity index (χ2v) is 6.63. The monoisotopic (exact) mass is 278 g/mol. The quantitative estimate of drug-likeness (QED) is 0.775. The lowest BCUT2D eigenvalue weighted by atomic mass is 10.2. The van der Waals surface area contributed by atoms with Crippen molar-refractivity contribution in [1.29, 1.82) is 0 Å². The van der Waals surface area contributed by atoms with Crippen molar-refractivity contribution in [2.45, 2.75) is 22.9 Å². The Bertz CT molecular complexity index is 522. The average Bonchev–Trinajstić information content (AvgIpc) is 2.40.